The highest BCUT2D eigenvalue weighted by Crippen LogP contribution is 2.20. The van der Waals surface area contributed by atoms with Crippen LogP contribution >= 0.6 is 0 Å². The van der Waals surface area contributed by atoms with E-state index in [9.17, 15) is 0 Å². The second-order valence-corrected chi connectivity index (χ2v) is 5.37. The number of rotatable bonds is 3. The summed E-state index contributed by atoms with van der Waals surface area (Å²) in [5.74, 6) is 0. The van der Waals surface area contributed by atoms with Crippen LogP contribution in [0.1, 0.15) is 19.5 Å². The Labute approximate surface area is 114 Å². The van der Waals surface area contributed by atoms with E-state index in [0.29, 0.717) is 6.04 Å². The predicted octanol–water partition coefficient (Wildman–Crippen LogP) is 1.85. The lowest BCUT2D eigenvalue weighted by molar-refractivity contribution is 0.198. The monoisotopic (exact) mass is 258 g/mol. The summed E-state index contributed by atoms with van der Waals surface area (Å²) in [7, 11) is 0. The molecule has 1 aliphatic rings. The van der Waals surface area contributed by atoms with Gasteiger partial charge in [0, 0.05) is 44.2 Å². The molecule has 1 aliphatic heterocycles. The van der Waals surface area contributed by atoms with Crippen LogP contribution in [-0.4, -0.2) is 40.4 Å². The van der Waals surface area contributed by atoms with Gasteiger partial charge < -0.3 is 5.32 Å². The van der Waals surface area contributed by atoms with Crippen LogP contribution in [0, 0.1) is 0 Å². The minimum absolute atomic E-state index is 0.577. The number of aryl methyl sites for hydroxylation is 1. The molecule has 19 heavy (non-hydrogen) atoms. The highest BCUT2D eigenvalue weighted by atomic mass is 15.3. The third kappa shape index (κ3) is 2.51. The molecule has 0 unspecified atom stereocenters. The number of fused-ring (bicyclic) bond motifs is 1. The fourth-order valence-corrected chi connectivity index (χ4v) is 2.92. The quantitative estimate of drug-likeness (QED) is 0.912. The van der Waals surface area contributed by atoms with Crippen LogP contribution < -0.4 is 5.32 Å². The predicted molar refractivity (Wildman–Crippen MR) is 78.1 cm³/mol. The zero-order valence-electron chi connectivity index (χ0n) is 11.8. The SMILES string of the molecule is CCn1nc(CN2CCN[C@@H](C)C2)c2ccccc21. The van der Waals surface area contributed by atoms with Crippen LogP contribution in [0.15, 0.2) is 24.3 Å². The van der Waals surface area contributed by atoms with Crippen molar-refractivity contribution in [1.82, 2.24) is 20.0 Å². The molecule has 1 fully saturated rings. The summed E-state index contributed by atoms with van der Waals surface area (Å²) in [6.07, 6.45) is 0. The van der Waals surface area contributed by atoms with Crippen molar-refractivity contribution < 1.29 is 0 Å². The highest BCUT2D eigenvalue weighted by molar-refractivity contribution is 5.81. The Kier molecular flexibility index (Phi) is 3.53. The largest absolute Gasteiger partial charge is 0.312 e. The Bertz CT molecular complexity index is 560. The molecule has 1 saturated heterocycles. The molecule has 0 aliphatic carbocycles. The van der Waals surface area contributed by atoms with E-state index < -0.39 is 0 Å². The number of nitrogens with zero attached hydrogens (tertiary/aromatic N) is 3. The van der Waals surface area contributed by atoms with E-state index in [2.05, 4.69) is 53.0 Å². The molecule has 4 heteroatoms. The molecule has 0 saturated carbocycles. The molecule has 4 nitrogen and oxygen atoms in total. The smallest absolute Gasteiger partial charge is 0.0843 e. The number of nitrogens with one attached hydrogen (secondary N) is 1. The number of piperazine rings is 1. The summed E-state index contributed by atoms with van der Waals surface area (Å²) in [6.45, 7) is 9.57. The second-order valence-electron chi connectivity index (χ2n) is 5.37. The summed E-state index contributed by atoms with van der Waals surface area (Å²) in [5, 5.41) is 9.57. The van der Waals surface area contributed by atoms with Crippen LogP contribution in [-0.2, 0) is 13.1 Å². The Morgan fingerprint density at radius 2 is 2.21 bits per heavy atom. The number of hydrogen-bond acceptors (Lipinski definition) is 3. The van der Waals surface area contributed by atoms with Crippen molar-refractivity contribution in [2.75, 3.05) is 19.6 Å². The van der Waals surface area contributed by atoms with Crippen molar-refractivity contribution in [2.24, 2.45) is 0 Å². The minimum atomic E-state index is 0.577. The molecular formula is C15H22N4. The Morgan fingerprint density at radius 1 is 1.37 bits per heavy atom. The van der Waals surface area contributed by atoms with Gasteiger partial charge in [0.25, 0.3) is 0 Å². The lowest BCUT2D eigenvalue weighted by Gasteiger charge is -2.31. The Morgan fingerprint density at radius 3 is 3.00 bits per heavy atom. The molecule has 1 N–H and O–H groups in total. The molecule has 1 atom stereocenters. The van der Waals surface area contributed by atoms with E-state index in [1.54, 1.807) is 0 Å². The summed E-state index contributed by atoms with van der Waals surface area (Å²) in [4.78, 5) is 2.50. The third-order valence-electron chi connectivity index (χ3n) is 3.86. The lowest BCUT2D eigenvalue weighted by Crippen LogP contribution is -2.48. The van der Waals surface area contributed by atoms with Crippen LogP contribution in [0.25, 0.3) is 10.9 Å². The van der Waals surface area contributed by atoms with Gasteiger partial charge in [-0.1, -0.05) is 18.2 Å². The van der Waals surface area contributed by atoms with E-state index in [-0.39, 0.29) is 0 Å². The molecule has 0 spiro atoms. The van der Waals surface area contributed by atoms with Gasteiger partial charge >= 0.3 is 0 Å². The van der Waals surface area contributed by atoms with E-state index in [1.165, 1.54) is 16.6 Å². The fraction of sp³-hybridized carbons (Fsp3) is 0.533. The molecule has 102 valence electrons. The molecule has 0 bridgehead atoms. The van der Waals surface area contributed by atoms with Gasteiger partial charge in [-0.15, -0.1) is 0 Å². The van der Waals surface area contributed by atoms with E-state index in [1.807, 2.05) is 0 Å². The third-order valence-corrected chi connectivity index (χ3v) is 3.86. The molecule has 3 rings (SSSR count). The molecule has 2 aromatic rings. The standard InChI is InChI=1S/C15H22N4/c1-3-19-15-7-5-4-6-13(15)14(17-19)11-18-9-8-16-12(2)10-18/h4-7,12,16H,3,8-11H2,1-2H3/t12-/m0/s1. The van der Waals surface area contributed by atoms with Crippen molar-refractivity contribution in [3.63, 3.8) is 0 Å². The normalized spacial score (nSPS) is 21.1. The molecule has 1 aromatic heterocycles. The molecule has 0 amide bonds. The first-order valence-electron chi connectivity index (χ1n) is 7.18. The molecule has 0 radical (unpaired) electrons. The number of para-hydroxylation sites is 1. The number of aromatic nitrogens is 2. The van der Waals surface area contributed by atoms with Gasteiger partial charge in [0.05, 0.1) is 11.2 Å². The van der Waals surface area contributed by atoms with E-state index >= 15 is 0 Å². The van der Waals surface area contributed by atoms with Gasteiger partial charge in [-0.05, 0) is 19.9 Å². The number of benzene rings is 1. The molecule has 1 aromatic carbocycles. The fourth-order valence-electron chi connectivity index (χ4n) is 2.92. The summed E-state index contributed by atoms with van der Waals surface area (Å²) >= 11 is 0. The van der Waals surface area contributed by atoms with Crippen LogP contribution in [0.4, 0.5) is 0 Å². The summed E-state index contributed by atoms with van der Waals surface area (Å²) < 4.78 is 2.11. The van der Waals surface area contributed by atoms with Crippen molar-refractivity contribution >= 4 is 10.9 Å². The average Bonchev–Trinajstić information content (AvgIpc) is 2.77. The van der Waals surface area contributed by atoms with Gasteiger partial charge in [0.15, 0.2) is 0 Å². The first-order valence-corrected chi connectivity index (χ1v) is 7.18. The molecule has 2 heterocycles. The van der Waals surface area contributed by atoms with Crippen LogP contribution in [0.3, 0.4) is 0 Å². The van der Waals surface area contributed by atoms with Gasteiger partial charge in [-0.2, -0.15) is 5.10 Å². The zero-order chi connectivity index (χ0) is 13.2. The topological polar surface area (TPSA) is 33.1 Å². The van der Waals surface area contributed by atoms with Gasteiger partial charge in [0.2, 0.25) is 0 Å². The van der Waals surface area contributed by atoms with Gasteiger partial charge in [0.1, 0.15) is 0 Å². The Hall–Kier alpha value is -1.39. The summed E-state index contributed by atoms with van der Waals surface area (Å²) in [5.41, 5.74) is 2.47. The van der Waals surface area contributed by atoms with Crippen molar-refractivity contribution in [2.45, 2.75) is 33.0 Å². The lowest BCUT2D eigenvalue weighted by atomic mass is 10.2. The molecular weight excluding hydrogens is 236 g/mol. The van der Waals surface area contributed by atoms with Crippen molar-refractivity contribution in [1.29, 1.82) is 0 Å². The number of hydrogen-bond donors (Lipinski definition) is 1. The van der Waals surface area contributed by atoms with Crippen LogP contribution in [0.5, 0.6) is 0 Å². The van der Waals surface area contributed by atoms with Gasteiger partial charge in [-0.25, -0.2) is 0 Å². The van der Waals surface area contributed by atoms with Crippen LogP contribution in [0.2, 0.25) is 0 Å². The van der Waals surface area contributed by atoms with E-state index in [4.69, 9.17) is 5.10 Å². The van der Waals surface area contributed by atoms with Gasteiger partial charge in [-0.3, -0.25) is 9.58 Å². The maximum Gasteiger partial charge on any atom is 0.0843 e. The Balaban J connectivity index is 1.88. The average molecular weight is 258 g/mol. The zero-order valence-corrected chi connectivity index (χ0v) is 11.8. The second kappa shape index (κ2) is 5.31. The highest BCUT2D eigenvalue weighted by Gasteiger charge is 2.18. The first kappa shape index (κ1) is 12.6. The first-order chi connectivity index (χ1) is 9.28. The maximum atomic E-state index is 4.78. The summed E-state index contributed by atoms with van der Waals surface area (Å²) in [6, 6.07) is 9.12. The van der Waals surface area contributed by atoms with E-state index in [0.717, 1.165) is 32.7 Å². The minimum Gasteiger partial charge on any atom is -0.312 e. The van der Waals surface area contributed by atoms with Crippen molar-refractivity contribution in [3.05, 3.63) is 30.0 Å². The maximum absolute atomic E-state index is 4.78. The van der Waals surface area contributed by atoms with Crippen molar-refractivity contribution in [3.8, 4) is 0 Å².